The molecule has 0 saturated heterocycles. The summed E-state index contributed by atoms with van der Waals surface area (Å²) in [6.45, 7) is 0. The third kappa shape index (κ3) is 1.52. The Morgan fingerprint density at radius 2 is 1.77 bits per heavy atom. The summed E-state index contributed by atoms with van der Waals surface area (Å²) in [5, 5.41) is 22.1. The summed E-state index contributed by atoms with van der Waals surface area (Å²) in [4.78, 5) is 10.5. The first-order chi connectivity index (χ1) is 10.7. The molecule has 2 aromatic heterocycles. The van der Waals surface area contributed by atoms with Gasteiger partial charge in [-0.2, -0.15) is 5.26 Å². The molecule has 4 aromatic rings. The van der Waals surface area contributed by atoms with E-state index in [1.54, 1.807) is 6.07 Å². The second kappa shape index (κ2) is 4.30. The van der Waals surface area contributed by atoms with Gasteiger partial charge in [0, 0.05) is 17.5 Å². The summed E-state index contributed by atoms with van der Waals surface area (Å²) >= 11 is 0. The molecule has 4 rings (SSSR count). The monoisotopic (exact) mass is 287 g/mol. The Morgan fingerprint density at radius 3 is 2.55 bits per heavy atom. The minimum atomic E-state index is -0.443. The number of nitro groups is 1. The van der Waals surface area contributed by atoms with Gasteiger partial charge in [-0.15, -0.1) is 0 Å². The average Bonchev–Trinajstić information content (AvgIpc) is 2.87. The number of benzene rings is 2. The Hall–Kier alpha value is -3.39. The maximum atomic E-state index is 11.0. The van der Waals surface area contributed by atoms with E-state index in [-0.39, 0.29) is 5.69 Å². The van der Waals surface area contributed by atoms with E-state index in [9.17, 15) is 15.4 Å². The van der Waals surface area contributed by atoms with Crippen LogP contribution in [0.4, 0.5) is 5.69 Å². The molecule has 0 unspecified atom stereocenters. The fourth-order valence-corrected chi connectivity index (χ4v) is 2.95. The van der Waals surface area contributed by atoms with E-state index < -0.39 is 4.92 Å². The SMILES string of the molecule is N#Cc1c2cc([N+](=O)[O-])ccc2n2c1ccc1ccccc12. The average molecular weight is 287 g/mol. The lowest BCUT2D eigenvalue weighted by atomic mass is 10.1. The number of nitro benzene ring substituents is 1. The number of hydrogen-bond acceptors (Lipinski definition) is 3. The lowest BCUT2D eigenvalue weighted by Crippen LogP contribution is -1.89. The van der Waals surface area contributed by atoms with Crippen LogP contribution in [0.3, 0.4) is 0 Å². The molecule has 22 heavy (non-hydrogen) atoms. The van der Waals surface area contributed by atoms with Gasteiger partial charge in [0.05, 0.1) is 27.0 Å². The summed E-state index contributed by atoms with van der Waals surface area (Å²) in [5.74, 6) is 0. The van der Waals surface area contributed by atoms with Crippen molar-refractivity contribution in [1.29, 1.82) is 5.26 Å². The number of fused-ring (bicyclic) bond motifs is 5. The molecular formula is C17H9N3O2. The highest BCUT2D eigenvalue weighted by Gasteiger charge is 2.16. The van der Waals surface area contributed by atoms with E-state index in [2.05, 4.69) is 6.07 Å². The molecule has 5 heteroatoms. The molecule has 5 nitrogen and oxygen atoms in total. The fourth-order valence-electron chi connectivity index (χ4n) is 2.95. The molecule has 0 aliphatic heterocycles. The number of nitriles is 1. The quantitative estimate of drug-likeness (QED) is 0.392. The zero-order valence-corrected chi connectivity index (χ0v) is 11.4. The zero-order valence-electron chi connectivity index (χ0n) is 11.4. The van der Waals surface area contributed by atoms with Gasteiger partial charge in [0.1, 0.15) is 6.07 Å². The molecule has 0 atom stereocenters. The van der Waals surface area contributed by atoms with Crippen LogP contribution in [-0.4, -0.2) is 9.32 Å². The van der Waals surface area contributed by atoms with E-state index in [0.717, 1.165) is 21.9 Å². The van der Waals surface area contributed by atoms with Crippen molar-refractivity contribution in [3.05, 3.63) is 70.3 Å². The molecule has 0 aliphatic carbocycles. The standard InChI is InChI=1S/C17H9N3O2/c18-10-14-13-9-12(20(21)22)6-8-16(13)19-15-4-2-1-3-11(15)5-7-17(14)19/h1-9H. The van der Waals surface area contributed by atoms with Gasteiger partial charge in [0.2, 0.25) is 0 Å². The number of aromatic nitrogens is 1. The highest BCUT2D eigenvalue weighted by Crippen LogP contribution is 2.32. The first-order valence-corrected chi connectivity index (χ1v) is 6.71. The molecular weight excluding hydrogens is 278 g/mol. The van der Waals surface area contributed by atoms with E-state index in [0.29, 0.717) is 10.9 Å². The van der Waals surface area contributed by atoms with Crippen LogP contribution in [0.15, 0.2) is 54.6 Å². The van der Waals surface area contributed by atoms with Gasteiger partial charge in [-0.1, -0.05) is 24.3 Å². The number of rotatable bonds is 1. The summed E-state index contributed by atoms with van der Waals surface area (Å²) in [5.41, 5.74) is 2.99. The van der Waals surface area contributed by atoms with Gasteiger partial charge in [-0.05, 0) is 23.6 Å². The smallest absolute Gasteiger partial charge is 0.270 e. The van der Waals surface area contributed by atoms with Crippen molar-refractivity contribution in [2.75, 3.05) is 0 Å². The fraction of sp³-hybridized carbons (Fsp3) is 0. The van der Waals surface area contributed by atoms with Crippen LogP contribution < -0.4 is 0 Å². The predicted octanol–water partition coefficient (Wildman–Crippen LogP) is 4.03. The minimum absolute atomic E-state index is 0.00999. The number of nitrogens with zero attached hydrogens (tertiary/aromatic N) is 3. The Bertz CT molecular complexity index is 1120. The third-order valence-electron chi connectivity index (χ3n) is 3.91. The van der Waals surface area contributed by atoms with Crippen LogP contribution in [-0.2, 0) is 0 Å². The summed E-state index contributed by atoms with van der Waals surface area (Å²) in [7, 11) is 0. The van der Waals surface area contributed by atoms with Crippen molar-refractivity contribution in [3.63, 3.8) is 0 Å². The third-order valence-corrected chi connectivity index (χ3v) is 3.91. The Kier molecular flexibility index (Phi) is 2.42. The van der Waals surface area contributed by atoms with Crippen LogP contribution in [0.2, 0.25) is 0 Å². The minimum Gasteiger partial charge on any atom is -0.308 e. The number of pyridine rings is 1. The van der Waals surface area contributed by atoms with E-state index in [1.165, 1.54) is 12.1 Å². The molecule has 0 spiro atoms. The first-order valence-electron chi connectivity index (χ1n) is 6.71. The maximum Gasteiger partial charge on any atom is 0.270 e. The van der Waals surface area contributed by atoms with Crippen LogP contribution in [0.1, 0.15) is 5.56 Å². The molecule has 0 bridgehead atoms. The van der Waals surface area contributed by atoms with Gasteiger partial charge in [-0.25, -0.2) is 0 Å². The van der Waals surface area contributed by atoms with Crippen molar-refractivity contribution >= 4 is 33.0 Å². The van der Waals surface area contributed by atoms with Crippen LogP contribution in [0.5, 0.6) is 0 Å². The second-order valence-corrected chi connectivity index (χ2v) is 5.06. The molecule has 0 N–H and O–H groups in total. The molecule has 0 aliphatic rings. The van der Waals surface area contributed by atoms with Gasteiger partial charge in [-0.3, -0.25) is 10.1 Å². The van der Waals surface area contributed by atoms with E-state index >= 15 is 0 Å². The second-order valence-electron chi connectivity index (χ2n) is 5.06. The molecule has 2 aromatic carbocycles. The van der Waals surface area contributed by atoms with E-state index in [4.69, 9.17) is 0 Å². The topological polar surface area (TPSA) is 71.3 Å². The Morgan fingerprint density at radius 1 is 1.00 bits per heavy atom. The van der Waals surface area contributed by atoms with Gasteiger partial charge >= 0.3 is 0 Å². The molecule has 0 fully saturated rings. The van der Waals surface area contributed by atoms with Crippen molar-refractivity contribution in [3.8, 4) is 6.07 Å². The van der Waals surface area contributed by atoms with E-state index in [1.807, 2.05) is 40.8 Å². The number of hydrogen-bond donors (Lipinski definition) is 0. The predicted molar refractivity (Wildman–Crippen MR) is 83.8 cm³/mol. The van der Waals surface area contributed by atoms with Crippen LogP contribution >= 0.6 is 0 Å². The highest BCUT2D eigenvalue weighted by molar-refractivity contribution is 6.00. The number of para-hydroxylation sites is 1. The Balaban J connectivity index is 2.29. The van der Waals surface area contributed by atoms with Gasteiger partial charge < -0.3 is 4.40 Å². The van der Waals surface area contributed by atoms with Gasteiger partial charge in [0.15, 0.2) is 0 Å². The largest absolute Gasteiger partial charge is 0.308 e. The van der Waals surface area contributed by atoms with Crippen LogP contribution in [0.25, 0.3) is 27.3 Å². The van der Waals surface area contributed by atoms with Crippen LogP contribution in [0, 0.1) is 21.4 Å². The molecule has 2 heterocycles. The van der Waals surface area contributed by atoms with Gasteiger partial charge in [0.25, 0.3) is 5.69 Å². The summed E-state index contributed by atoms with van der Waals surface area (Å²) < 4.78 is 1.98. The summed E-state index contributed by atoms with van der Waals surface area (Å²) in [6, 6.07) is 18.5. The number of non-ortho nitro benzene ring substituents is 1. The lowest BCUT2D eigenvalue weighted by Gasteiger charge is -2.03. The Labute approximate surface area is 124 Å². The summed E-state index contributed by atoms with van der Waals surface area (Å²) in [6.07, 6.45) is 0. The lowest BCUT2D eigenvalue weighted by molar-refractivity contribution is -0.384. The maximum absolute atomic E-state index is 11.0. The molecule has 0 radical (unpaired) electrons. The van der Waals surface area contributed by atoms with Crippen molar-refractivity contribution in [1.82, 2.24) is 4.40 Å². The molecule has 104 valence electrons. The van der Waals surface area contributed by atoms with Crippen molar-refractivity contribution < 1.29 is 4.92 Å². The normalized spacial score (nSPS) is 11.0. The molecule has 0 amide bonds. The van der Waals surface area contributed by atoms with Crippen molar-refractivity contribution in [2.24, 2.45) is 0 Å². The first kappa shape index (κ1) is 12.4. The molecule has 0 saturated carbocycles. The zero-order chi connectivity index (χ0) is 15.3. The van der Waals surface area contributed by atoms with Crippen molar-refractivity contribution in [2.45, 2.75) is 0 Å². The highest BCUT2D eigenvalue weighted by atomic mass is 16.6.